The van der Waals surface area contributed by atoms with E-state index in [0.717, 1.165) is 29.7 Å². The molecule has 0 aliphatic carbocycles. The largest absolute Gasteiger partial charge is 0.444 e. The topological polar surface area (TPSA) is 75.9 Å². The molecule has 0 aliphatic rings. The van der Waals surface area contributed by atoms with Crippen LogP contribution in [0, 0.1) is 5.92 Å². The first kappa shape index (κ1) is 32.9. The number of carbonyl (C=O) groups is 2. The molecule has 0 saturated heterocycles. The number of halogens is 1. The lowest BCUT2D eigenvalue weighted by atomic mass is 9.80. The molecule has 2 N–H and O–H groups in total. The molecule has 0 bridgehead atoms. The fourth-order valence-corrected chi connectivity index (χ4v) is 5.92. The molecule has 230 valence electrons. The van der Waals surface area contributed by atoms with Crippen LogP contribution in [0.1, 0.15) is 35.1 Å². The highest BCUT2D eigenvalue weighted by Gasteiger charge is 2.43. The molecule has 0 fully saturated rings. The molecule has 4 aromatic rings. The molecule has 0 unspecified atom stereocenters. The van der Waals surface area contributed by atoms with Gasteiger partial charge in [-0.25, -0.2) is 0 Å². The molecule has 0 heterocycles. The molecule has 6 nitrogen and oxygen atoms in total. The predicted molar refractivity (Wildman–Crippen MR) is 177 cm³/mol. The van der Waals surface area contributed by atoms with Crippen molar-refractivity contribution in [1.82, 2.24) is 9.80 Å². The van der Waals surface area contributed by atoms with E-state index < -0.39 is 17.5 Å². The summed E-state index contributed by atoms with van der Waals surface area (Å²) >= 11 is 6.83. The van der Waals surface area contributed by atoms with Crippen molar-refractivity contribution in [3.8, 4) is 0 Å². The van der Waals surface area contributed by atoms with E-state index >= 15 is 0 Å². The van der Waals surface area contributed by atoms with Crippen LogP contribution in [-0.2, 0) is 26.3 Å². The van der Waals surface area contributed by atoms with E-state index in [-0.39, 0.29) is 18.4 Å². The number of carbonyl (C=O) groups excluding carboxylic acids is 2. The first-order valence-electron chi connectivity index (χ1n) is 15.0. The van der Waals surface area contributed by atoms with Crippen LogP contribution < -0.4 is 5.73 Å². The van der Waals surface area contributed by atoms with Gasteiger partial charge in [-0.05, 0) is 45.1 Å². The number of rotatable bonds is 14. The number of amides is 1. The Morgan fingerprint density at radius 2 is 1.32 bits per heavy atom. The summed E-state index contributed by atoms with van der Waals surface area (Å²) < 4.78 is 6.62. The molecule has 2 atom stereocenters. The van der Waals surface area contributed by atoms with Crippen LogP contribution in [0.15, 0.2) is 115 Å². The van der Waals surface area contributed by atoms with Gasteiger partial charge in [0, 0.05) is 41.3 Å². The third-order valence-corrected chi connectivity index (χ3v) is 8.37. The number of hydrogen-bond acceptors (Lipinski definition) is 5. The van der Waals surface area contributed by atoms with Gasteiger partial charge in [0.2, 0.25) is 5.91 Å². The van der Waals surface area contributed by atoms with Gasteiger partial charge in [-0.3, -0.25) is 9.59 Å². The van der Waals surface area contributed by atoms with Crippen molar-refractivity contribution in [2.45, 2.75) is 30.9 Å². The van der Waals surface area contributed by atoms with Gasteiger partial charge in [0.25, 0.3) is 0 Å². The van der Waals surface area contributed by atoms with Gasteiger partial charge in [-0.2, -0.15) is 0 Å². The van der Waals surface area contributed by atoms with Crippen LogP contribution in [0.2, 0.25) is 5.02 Å². The van der Waals surface area contributed by atoms with Crippen molar-refractivity contribution < 1.29 is 14.3 Å². The van der Waals surface area contributed by atoms with Gasteiger partial charge < -0.3 is 20.3 Å². The lowest BCUT2D eigenvalue weighted by Gasteiger charge is -2.36. The number of likely N-dealkylation sites (N-methyl/N-ethyl adjacent to an activating group) is 1. The Hall–Kier alpha value is -3.97. The first-order valence-corrected chi connectivity index (χ1v) is 15.4. The highest BCUT2D eigenvalue weighted by Crippen LogP contribution is 2.44. The van der Waals surface area contributed by atoms with Crippen LogP contribution in [0.3, 0.4) is 0 Å². The Morgan fingerprint density at radius 3 is 1.84 bits per heavy atom. The Labute approximate surface area is 266 Å². The van der Waals surface area contributed by atoms with Gasteiger partial charge >= 0.3 is 5.97 Å². The van der Waals surface area contributed by atoms with Gasteiger partial charge in [0.05, 0.1) is 12.3 Å². The lowest BCUT2D eigenvalue weighted by molar-refractivity contribution is -0.157. The molecule has 0 radical (unpaired) electrons. The van der Waals surface area contributed by atoms with Crippen LogP contribution in [0.25, 0.3) is 0 Å². The SMILES string of the molecule is CN(C)CC[C@@H](CN)N(C)C(=O)[C@@H](CC(=O)OC(c1ccccc1)(c1ccccc1)c1ccccc1Cl)Cc1ccccc1. The Kier molecular flexibility index (Phi) is 11.7. The molecule has 7 heteroatoms. The highest BCUT2D eigenvalue weighted by molar-refractivity contribution is 6.31. The molecule has 0 aliphatic heterocycles. The zero-order chi connectivity index (χ0) is 31.5. The smallest absolute Gasteiger partial charge is 0.308 e. The zero-order valence-corrected chi connectivity index (χ0v) is 26.5. The fourth-order valence-electron chi connectivity index (χ4n) is 5.65. The number of nitrogens with two attached hydrogens (primary N) is 1. The maximum absolute atomic E-state index is 14.2. The average Bonchev–Trinajstić information content (AvgIpc) is 3.04. The lowest BCUT2D eigenvalue weighted by Crippen LogP contribution is -2.46. The van der Waals surface area contributed by atoms with Crippen molar-refractivity contribution in [2.75, 3.05) is 34.2 Å². The van der Waals surface area contributed by atoms with E-state index in [1.165, 1.54) is 0 Å². The summed E-state index contributed by atoms with van der Waals surface area (Å²) in [5.74, 6) is -1.29. The zero-order valence-electron chi connectivity index (χ0n) is 25.7. The standard InChI is InChI=1S/C37H42ClN3O3/c1-40(2)24-23-32(27-39)41(3)36(43)29(25-28-15-7-4-8-16-28)26-35(42)44-37(30-17-9-5-10-18-30,31-19-11-6-12-20-31)33-21-13-14-22-34(33)38/h4-22,29,32H,23-27,39H2,1-3H3/t29-,32+/m1/s1. The minimum Gasteiger partial charge on any atom is -0.444 e. The van der Waals surface area contributed by atoms with Crippen molar-refractivity contribution >= 4 is 23.5 Å². The van der Waals surface area contributed by atoms with E-state index in [1.54, 1.807) is 18.0 Å². The predicted octanol–water partition coefficient (Wildman–Crippen LogP) is 6.16. The molecule has 1 amide bonds. The van der Waals surface area contributed by atoms with E-state index in [2.05, 4.69) is 4.90 Å². The Balaban J connectivity index is 1.74. The average molecular weight is 612 g/mol. The number of hydrogen-bond donors (Lipinski definition) is 1. The number of nitrogens with zero attached hydrogens (tertiary/aromatic N) is 2. The quantitative estimate of drug-likeness (QED) is 0.136. The van der Waals surface area contributed by atoms with Crippen molar-refractivity contribution in [1.29, 1.82) is 0 Å². The highest BCUT2D eigenvalue weighted by atomic mass is 35.5. The minimum atomic E-state index is -1.34. The summed E-state index contributed by atoms with van der Waals surface area (Å²) in [5, 5.41) is 0.469. The second-order valence-electron chi connectivity index (χ2n) is 11.4. The van der Waals surface area contributed by atoms with Gasteiger partial charge in [-0.15, -0.1) is 0 Å². The van der Waals surface area contributed by atoms with Crippen LogP contribution in [-0.4, -0.2) is 62.0 Å². The third-order valence-electron chi connectivity index (χ3n) is 8.04. The van der Waals surface area contributed by atoms with E-state index in [4.69, 9.17) is 22.1 Å². The second-order valence-corrected chi connectivity index (χ2v) is 11.8. The molecular weight excluding hydrogens is 570 g/mol. The molecule has 44 heavy (non-hydrogen) atoms. The fraction of sp³-hybridized carbons (Fsp3) is 0.297. The summed E-state index contributed by atoms with van der Waals surface area (Å²) in [4.78, 5) is 32.1. The number of esters is 1. The summed E-state index contributed by atoms with van der Waals surface area (Å²) in [6.45, 7) is 1.12. The normalized spacial score (nSPS) is 12.9. The van der Waals surface area contributed by atoms with E-state index in [9.17, 15) is 9.59 Å². The van der Waals surface area contributed by atoms with Crippen molar-refractivity contribution in [2.24, 2.45) is 11.7 Å². The number of benzene rings is 4. The maximum atomic E-state index is 14.2. The first-order chi connectivity index (χ1) is 21.3. The Bertz CT molecular complexity index is 1440. The second kappa shape index (κ2) is 15.7. The van der Waals surface area contributed by atoms with Gasteiger partial charge in [0.1, 0.15) is 0 Å². The molecular formula is C37H42ClN3O3. The van der Waals surface area contributed by atoms with E-state index in [1.807, 2.05) is 123 Å². The Morgan fingerprint density at radius 1 is 0.795 bits per heavy atom. The van der Waals surface area contributed by atoms with E-state index in [0.29, 0.717) is 23.6 Å². The number of ether oxygens (including phenoxy) is 1. The molecule has 0 aromatic heterocycles. The summed E-state index contributed by atoms with van der Waals surface area (Å²) in [5.41, 5.74) is 7.90. The molecule has 4 aromatic carbocycles. The monoisotopic (exact) mass is 611 g/mol. The molecule has 0 spiro atoms. The molecule has 0 saturated carbocycles. The van der Waals surface area contributed by atoms with Crippen LogP contribution in [0.5, 0.6) is 0 Å². The van der Waals surface area contributed by atoms with Crippen molar-refractivity contribution in [3.05, 3.63) is 143 Å². The summed E-state index contributed by atoms with van der Waals surface area (Å²) in [6, 6.07) is 36.2. The minimum absolute atomic E-state index is 0.116. The van der Waals surface area contributed by atoms with Crippen LogP contribution >= 0.6 is 11.6 Å². The van der Waals surface area contributed by atoms with Gasteiger partial charge in [-0.1, -0.05) is 121 Å². The third kappa shape index (κ3) is 7.94. The maximum Gasteiger partial charge on any atom is 0.308 e. The van der Waals surface area contributed by atoms with Crippen molar-refractivity contribution in [3.63, 3.8) is 0 Å². The van der Waals surface area contributed by atoms with Crippen LogP contribution in [0.4, 0.5) is 0 Å². The summed E-state index contributed by atoms with van der Waals surface area (Å²) in [7, 11) is 5.77. The van der Waals surface area contributed by atoms with Gasteiger partial charge in [0.15, 0.2) is 5.60 Å². The summed E-state index contributed by atoms with van der Waals surface area (Å²) in [6.07, 6.45) is 1.00. The molecule has 4 rings (SSSR count).